The summed E-state index contributed by atoms with van der Waals surface area (Å²) in [5, 5.41) is 3.36. The van der Waals surface area contributed by atoms with Gasteiger partial charge < -0.3 is 10.1 Å². The average molecular weight is 213 g/mol. The number of esters is 1. The first kappa shape index (κ1) is 12.5. The van der Waals surface area contributed by atoms with Crippen molar-refractivity contribution in [3.05, 3.63) is 0 Å². The lowest BCUT2D eigenvalue weighted by molar-refractivity contribution is -0.155. The molecule has 15 heavy (non-hydrogen) atoms. The second-order valence-electron chi connectivity index (χ2n) is 4.89. The third-order valence-corrected chi connectivity index (χ3v) is 3.61. The Balaban J connectivity index is 2.92. The van der Waals surface area contributed by atoms with Crippen LogP contribution in [0.3, 0.4) is 0 Å². The van der Waals surface area contributed by atoms with E-state index in [2.05, 4.69) is 19.2 Å². The number of nitrogens with one attached hydrogen (secondary N) is 1. The van der Waals surface area contributed by atoms with Crippen molar-refractivity contribution in [2.24, 2.45) is 5.41 Å². The van der Waals surface area contributed by atoms with Crippen LogP contribution in [0.25, 0.3) is 0 Å². The van der Waals surface area contributed by atoms with E-state index in [0.29, 0.717) is 6.61 Å². The maximum Gasteiger partial charge on any atom is 0.326 e. The second kappa shape index (κ2) is 4.52. The number of carbonyl (C=O) groups excluding carboxylic acids is 1. The van der Waals surface area contributed by atoms with Gasteiger partial charge in [0.2, 0.25) is 0 Å². The molecule has 3 nitrogen and oxygen atoms in total. The largest absolute Gasteiger partial charge is 0.465 e. The summed E-state index contributed by atoms with van der Waals surface area (Å²) >= 11 is 0. The first-order valence-corrected chi connectivity index (χ1v) is 5.92. The first-order valence-electron chi connectivity index (χ1n) is 5.92. The van der Waals surface area contributed by atoms with E-state index in [9.17, 15) is 4.79 Å². The van der Waals surface area contributed by atoms with Gasteiger partial charge in [0.15, 0.2) is 0 Å². The van der Waals surface area contributed by atoms with Crippen LogP contribution in [0.1, 0.15) is 47.0 Å². The molecular formula is C12H23NO2. The highest BCUT2D eigenvalue weighted by Gasteiger charge is 2.54. The van der Waals surface area contributed by atoms with Gasteiger partial charge >= 0.3 is 5.97 Å². The molecule has 0 saturated heterocycles. The summed E-state index contributed by atoms with van der Waals surface area (Å²) in [6, 6.07) is 0. The Kier molecular flexibility index (Phi) is 3.77. The van der Waals surface area contributed by atoms with E-state index in [1.165, 1.54) is 0 Å². The molecule has 0 spiro atoms. The van der Waals surface area contributed by atoms with Gasteiger partial charge in [-0.25, -0.2) is 0 Å². The molecule has 0 radical (unpaired) electrons. The molecule has 1 saturated carbocycles. The lowest BCUT2D eigenvalue weighted by Crippen LogP contribution is -2.59. The number of hydrogen-bond acceptors (Lipinski definition) is 3. The van der Waals surface area contributed by atoms with Gasteiger partial charge in [0, 0.05) is 0 Å². The van der Waals surface area contributed by atoms with Crippen LogP contribution in [0, 0.1) is 5.41 Å². The van der Waals surface area contributed by atoms with Gasteiger partial charge in [0.1, 0.15) is 5.54 Å². The molecule has 0 heterocycles. The van der Waals surface area contributed by atoms with Crippen LogP contribution < -0.4 is 5.32 Å². The minimum absolute atomic E-state index is 0.00470. The summed E-state index contributed by atoms with van der Waals surface area (Å²) < 4.78 is 5.22. The van der Waals surface area contributed by atoms with Crippen molar-refractivity contribution in [2.75, 3.05) is 13.2 Å². The molecule has 1 N–H and O–H groups in total. The zero-order valence-corrected chi connectivity index (χ0v) is 10.4. The lowest BCUT2D eigenvalue weighted by atomic mass is 9.75. The number of ether oxygens (including phenoxy) is 1. The molecule has 1 rings (SSSR count). The van der Waals surface area contributed by atoms with E-state index in [1.54, 1.807) is 0 Å². The Bertz CT molecular complexity index is 238. The van der Waals surface area contributed by atoms with Crippen LogP contribution in [0.2, 0.25) is 0 Å². The fourth-order valence-corrected chi connectivity index (χ4v) is 2.68. The van der Waals surface area contributed by atoms with E-state index in [4.69, 9.17) is 4.74 Å². The molecule has 1 aliphatic carbocycles. The van der Waals surface area contributed by atoms with Gasteiger partial charge in [-0.1, -0.05) is 27.2 Å². The Labute approximate surface area is 92.6 Å². The van der Waals surface area contributed by atoms with Crippen LogP contribution in [0.15, 0.2) is 0 Å². The third kappa shape index (κ3) is 2.03. The molecule has 0 bridgehead atoms. The molecule has 0 aliphatic heterocycles. The van der Waals surface area contributed by atoms with Gasteiger partial charge in [-0.3, -0.25) is 4.79 Å². The molecule has 0 aromatic carbocycles. The number of hydrogen-bond donors (Lipinski definition) is 1. The van der Waals surface area contributed by atoms with Crippen molar-refractivity contribution < 1.29 is 9.53 Å². The van der Waals surface area contributed by atoms with Gasteiger partial charge in [-0.05, 0) is 31.7 Å². The zero-order valence-electron chi connectivity index (χ0n) is 10.4. The first-order chi connectivity index (χ1) is 7.00. The van der Waals surface area contributed by atoms with E-state index < -0.39 is 5.54 Å². The smallest absolute Gasteiger partial charge is 0.326 e. The minimum atomic E-state index is -0.461. The Morgan fingerprint density at radius 1 is 1.33 bits per heavy atom. The van der Waals surface area contributed by atoms with E-state index >= 15 is 0 Å². The average Bonchev–Trinajstić information content (AvgIpc) is 2.44. The third-order valence-electron chi connectivity index (χ3n) is 3.61. The van der Waals surface area contributed by atoms with Gasteiger partial charge in [0.25, 0.3) is 0 Å². The van der Waals surface area contributed by atoms with Crippen molar-refractivity contribution in [1.29, 1.82) is 0 Å². The topological polar surface area (TPSA) is 38.3 Å². The van der Waals surface area contributed by atoms with Gasteiger partial charge in [0.05, 0.1) is 6.61 Å². The summed E-state index contributed by atoms with van der Waals surface area (Å²) in [4.78, 5) is 12.1. The molecule has 0 aromatic rings. The van der Waals surface area contributed by atoms with E-state index in [0.717, 1.165) is 25.8 Å². The lowest BCUT2D eigenvalue weighted by Gasteiger charge is -2.39. The molecule has 3 heteroatoms. The molecule has 88 valence electrons. The van der Waals surface area contributed by atoms with Crippen molar-refractivity contribution in [3.63, 3.8) is 0 Å². The summed E-state index contributed by atoms with van der Waals surface area (Å²) in [7, 11) is 0. The Morgan fingerprint density at radius 2 is 2.00 bits per heavy atom. The Morgan fingerprint density at radius 3 is 2.40 bits per heavy atom. The fourth-order valence-electron chi connectivity index (χ4n) is 2.68. The standard InChI is InChI=1S/C12H23NO2/c1-5-13-12(10(14)15-6-2)9-7-8-11(12,3)4/h13H,5-9H2,1-4H3. The van der Waals surface area contributed by atoms with Crippen LogP contribution in [0.4, 0.5) is 0 Å². The van der Waals surface area contributed by atoms with Crippen LogP contribution in [-0.2, 0) is 9.53 Å². The van der Waals surface area contributed by atoms with E-state index in [-0.39, 0.29) is 11.4 Å². The van der Waals surface area contributed by atoms with Crippen LogP contribution >= 0.6 is 0 Å². The summed E-state index contributed by atoms with van der Waals surface area (Å²) in [5.41, 5.74) is -0.465. The molecular weight excluding hydrogens is 190 g/mol. The monoisotopic (exact) mass is 213 g/mol. The Hall–Kier alpha value is -0.570. The normalized spacial score (nSPS) is 29.1. The number of likely N-dealkylation sites (N-methyl/N-ethyl adjacent to an activating group) is 1. The number of carbonyl (C=O) groups is 1. The number of rotatable bonds is 4. The van der Waals surface area contributed by atoms with Crippen molar-refractivity contribution >= 4 is 5.97 Å². The molecule has 1 unspecified atom stereocenters. The predicted molar refractivity (Wildman–Crippen MR) is 60.7 cm³/mol. The predicted octanol–water partition coefficient (Wildman–Crippen LogP) is 2.11. The molecule has 1 atom stereocenters. The summed E-state index contributed by atoms with van der Waals surface area (Å²) in [5.74, 6) is -0.0747. The maximum absolute atomic E-state index is 12.1. The SMILES string of the molecule is CCNC1(C(=O)OCC)CCCC1(C)C. The quantitative estimate of drug-likeness (QED) is 0.727. The van der Waals surface area contributed by atoms with Crippen molar-refractivity contribution in [1.82, 2.24) is 5.32 Å². The minimum Gasteiger partial charge on any atom is -0.465 e. The highest BCUT2D eigenvalue weighted by Crippen LogP contribution is 2.46. The highest BCUT2D eigenvalue weighted by atomic mass is 16.5. The zero-order chi connectivity index (χ0) is 11.5. The molecule has 1 fully saturated rings. The second-order valence-corrected chi connectivity index (χ2v) is 4.89. The maximum atomic E-state index is 12.1. The molecule has 0 amide bonds. The van der Waals surface area contributed by atoms with Crippen molar-refractivity contribution in [3.8, 4) is 0 Å². The van der Waals surface area contributed by atoms with Crippen molar-refractivity contribution in [2.45, 2.75) is 52.5 Å². The fraction of sp³-hybridized carbons (Fsp3) is 0.917. The van der Waals surface area contributed by atoms with E-state index in [1.807, 2.05) is 13.8 Å². The highest BCUT2D eigenvalue weighted by molar-refractivity contribution is 5.82. The summed E-state index contributed by atoms with van der Waals surface area (Å²) in [6.07, 6.45) is 3.07. The molecule has 0 aromatic heterocycles. The molecule has 1 aliphatic rings. The van der Waals surface area contributed by atoms with Crippen LogP contribution in [-0.4, -0.2) is 24.7 Å². The van der Waals surface area contributed by atoms with Gasteiger partial charge in [-0.15, -0.1) is 0 Å². The summed E-state index contributed by atoms with van der Waals surface area (Å²) in [6.45, 7) is 9.47. The van der Waals surface area contributed by atoms with Crippen LogP contribution in [0.5, 0.6) is 0 Å². The van der Waals surface area contributed by atoms with Gasteiger partial charge in [-0.2, -0.15) is 0 Å².